The van der Waals surface area contributed by atoms with Crippen molar-refractivity contribution in [3.8, 4) is 5.75 Å². The molecule has 2 N–H and O–H groups in total. The van der Waals surface area contributed by atoms with Crippen molar-refractivity contribution in [3.05, 3.63) is 65.2 Å². The third-order valence-electron chi connectivity index (χ3n) is 3.76. The van der Waals surface area contributed by atoms with Gasteiger partial charge in [-0.25, -0.2) is 0 Å². The van der Waals surface area contributed by atoms with Crippen molar-refractivity contribution in [3.63, 3.8) is 0 Å². The Labute approximate surface area is 164 Å². The van der Waals surface area contributed by atoms with Gasteiger partial charge in [0.15, 0.2) is 13.2 Å². The minimum atomic E-state index is -0.531. The van der Waals surface area contributed by atoms with Crippen LogP contribution in [0.4, 0.5) is 0 Å². The predicted octanol–water partition coefficient (Wildman–Crippen LogP) is 2.70. The van der Waals surface area contributed by atoms with E-state index in [1.807, 2.05) is 55.5 Å². The molecule has 28 heavy (non-hydrogen) atoms. The van der Waals surface area contributed by atoms with Crippen LogP contribution in [0.1, 0.15) is 36.5 Å². The highest BCUT2D eigenvalue weighted by Gasteiger charge is 2.11. The zero-order valence-corrected chi connectivity index (χ0v) is 16.3. The molecule has 0 saturated heterocycles. The number of amides is 2. The Morgan fingerprint density at radius 1 is 1.04 bits per heavy atom. The number of hydrogen-bond donors (Lipinski definition) is 2. The average Bonchev–Trinajstić information content (AvgIpc) is 2.68. The molecule has 0 saturated carbocycles. The molecule has 0 heterocycles. The van der Waals surface area contributed by atoms with Gasteiger partial charge in [-0.3, -0.25) is 20.4 Å². The fourth-order valence-electron chi connectivity index (χ4n) is 2.33. The van der Waals surface area contributed by atoms with E-state index in [4.69, 9.17) is 9.57 Å². The lowest BCUT2D eigenvalue weighted by molar-refractivity contribution is -0.132. The normalized spacial score (nSPS) is 10.7. The number of carbonyl (C=O) groups is 2. The highest BCUT2D eigenvalue weighted by Crippen LogP contribution is 2.27. The lowest BCUT2D eigenvalue weighted by Crippen LogP contribution is -2.45. The zero-order valence-electron chi connectivity index (χ0n) is 16.3. The van der Waals surface area contributed by atoms with E-state index in [2.05, 4.69) is 29.9 Å². The summed E-state index contributed by atoms with van der Waals surface area (Å²) in [7, 11) is 0. The molecular formula is C21H25N3O4. The highest BCUT2D eigenvalue weighted by molar-refractivity contribution is 5.83. The van der Waals surface area contributed by atoms with Crippen LogP contribution in [0.15, 0.2) is 53.7 Å². The Hall–Kier alpha value is -3.35. The smallest absolute Gasteiger partial charge is 0.279 e. The number of oxime groups is 1. The Morgan fingerprint density at radius 2 is 1.71 bits per heavy atom. The van der Waals surface area contributed by atoms with Crippen molar-refractivity contribution in [2.24, 2.45) is 5.16 Å². The Kier molecular flexibility index (Phi) is 8.02. The number of ether oxygens (including phenoxy) is 1. The van der Waals surface area contributed by atoms with Gasteiger partial charge >= 0.3 is 0 Å². The lowest BCUT2D eigenvalue weighted by atomic mass is 10.0. The first-order valence-electron chi connectivity index (χ1n) is 8.97. The minimum absolute atomic E-state index is 0.212. The van der Waals surface area contributed by atoms with Gasteiger partial charge in [0, 0.05) is 0 Å². The number of hydrazine groups is 1. The largest absolute Gasteiger partial charge is 0.483 e. The first-order valence-corrected chi connectivity index (χ1v) is 8.97. The fraction of sp³-hybridized carbons (Fsp3) is 0.286. The van der Waals surface area contributed by atoms with E-state index >= 15 is 0 Å². The molecule has 0 fully saturated rings. The van der Waals surface area contributed by atoms with Crippen LogP contribution >= 0.6 is 0 Å². The van der Waals surface area contributed by atoms with Crippen molar-refractivity contribution in [1.29, 1.82) is 0 Å². The van der Waals surface area contributed by atoms with Crippen LogP contribution in [0, 0.1) is 6.92 Å². The number of nitrogens with zero attached hydrogens (tertiary/aromatic N) is 1. The van der Waals surface area contributed by atoms with Gasteiger partial charge < -0.3 is 9.57 Å². The van der Waals surface area contributed by atoms with Crippen molar-refractivity contribution in [1.82, 2.24) is 10.9 Å². The Bertz CT molecular complexity index is 820. The third-order valence-corrected chi connectivity index (χ3v) is 3.76. The zero-order chi connectivity index (χ0) is 20.4. The summed E-state index contributed by atoms with van der Waals surface area (Å²) >= 11 is 0. The second kappa shape index (κ2) is 10.7. The molecule has 0 aliphatic heterocycles. The number of nitrogens with one attached hydrogen (secondary N) is 2. The second-order valence-electron chi connectivity index (χ2n) is 6.50. The van der Waals surface area contributed by atoms with Gasteiger partial charge in [0.2, 0.25) is 0 Å². The maximum atomic E-state index is 11.9. The van der Waals surface area contributed by atoms with Gasteiger partial charge in [0.25, 0.3) is 11.8 Å². The topological polar surface area (TPSA) is 89.0 Å². The van der Waals surface area contributed by atoms with Crippen LogP contribution < -0.4 is 15.6 Å². The Morgan fingerprint density at radius 3 is 2.39 bits per heavy atom. The molecule has 0 aliphatic carbocycles. The molecule has 0 atom stereocenters. The van der Waals surface area contributed by atoms with Gasteiger partial charge in [-0.1, -0.05) is 61.5 Å². The molecule has 2 aromatic rings. The molecule has 2 aromatic carbocycles. The predicted molar refractivity (Wildman–Crippen MR) is 107 cm³/mol. The van der Waals surface area contributed by atoms with Crippen LogP contribution in [0.3, 0.4) is 0 Å². The van der Waals surface area contributed by atoms with Crippen molar-refractivity contribution in [2.75, 3.05) is 13.2 Å². The fourth-order valence-corrected chi connectivity index (χ4v) is 2.33. The first kappa shape index (κ1) is 21.0. The van der Waals surface area contributed by atoms with Crippen molar-refractivity contribution in [2.45, 2.75) is 26.7 Å². The summed E-state index contributed by atoms with van der Waals surface area (Å²) in [5.74, 6) is -0.0728. The third kappa shape index (κ3) is 7.11. The minimum Gasteiger partial charge on any atom is -0.483 e. The number of benzene rings is 2. The number of rotatable bonds is 8. The van der Waals surface area contributed by atoms with Crippen LogP contribution in [-0.4, -0.2) is 31.2 Å². The monoisotopic (exact) mass is 383 g/mol. The van der Waals surface area contributed by atoms with Crippen LogP contribution in [0.25, 0.3) is 0 Å². The summed E-state index contributed by atoms with van der Waals surface area (Å²) in [6.07, 6.45) is 1.49. The molecule has 2 amide bonds. The van der Waals surface area contributed by atoms with Gasteiger partial charge in [-0.2, -0.15) is 0 Å². The number of carbonyl (C=O) groups excluding carboxylic acids is 2. The average molecular weight is 383 g/mol. The molecule has 0 radical (unpaired) electrons. The van der Waals surface area contributed by atoms with E-state index in [1.165, 1.54) is 6.21 Å². The number of aryl methyl sites for hydroxylation is 1. The van der Waals surface area contributed by atoms with Crippen molar-refractivity contribution < 1.29 is 19.2 Å². The Balaban J connectivity index is 1.70. The molecule has 0 aromatic heterocycles. The molecule has 0 aliphatic rings. The quantitative estimate of drug-likeness (QED) is 0.542. The lowest BCUT2D eigenvalue weighted by Gasteiger charge is -2.15. The molecule has 7 heteroatoms. The van der Waals surface area contributed by atoms with E-state index in [1.54, 1.807) is 0 Å². The molecule has 0 unspecified atom stereocenters. The van der Waals surface area contributed by atoms with E-state index in [0.717, 1.165) is 16.7 Å². The maximum absolute atomic E-state index is 11.9. The van der Waals surface area contributed by atoms with Crippen LogP contribution in [-0.2, 0) is 14.4 Å². The summed E-state index contributed by atoms with van der Waals surface area (Å²) in [6.45, 7) is 5.53. The van der Waals surface area contributed by atoms with Crippen molar-refractivity contribution >= 4 is 18.0 Å². The van der Waals surface area contributed by atoms with Gasteiger partial charge in [-0.15, -0.1) is 0 Å². The first-order chi connectivity index (χ1) is 13.5. The molecule has 0 spiro atoms. The van der Waals surface area contributed by atoms with Crippen LogP contribution in [0.5, 0.6) is 5.75 Å². The SMILES string of the molecule is Cc1ccc(C(C)C)c(OCC(=O)NNC(=O)CON=Cc2ccccc2)c1. The summed E-state index contributed by atoms with van der Waals surface area (Å²) in [4.78, 5) is 28.4. The standard InChI is InChI=1S/C21H25N3O4/c1-15(2)18-10-9-16(3)11-19(18)27-13-20(25)23-24-21(26)14-28-22-12-17-7-5-4-6-8-17/h4-12,15H,13-14H2,1-3H3,(H,23,25)(H,24,26). The van der Waals surface area contributed by atoms with Gasteiger partial charge in [0.05, 0.1) is 6.21 Å². The van der Waals surface area contributed by atoms with E-state index < -0.39 is 11.8 Å². The summed E-state index contributed by atoms with van der Waals surface area (Å²) < 4.78 is 5.60. The maximum Gasteiger partial charge on any atom is 0.279 e. The highest BCUT2D eigenvalue weighted by atomic mass is 16.6. The van der Waals surface area contributed by atoms with E-state index in [0.29, 0.717) is 5.75 Å². The summed E-state index contributed by atoms with van der Waals surface area (Å²) in [5, 5.41) is 3.70. The summed E-state index contributed by atoms with van der Waals surface area (Å²) in [5.41, 5.74) is 7.44. The molecule has 148 valence electrons. The summed E-state index contributed by atoms with van der Waals surface area (Å²) in [6, 6.07) is 15.2. The molecule has 2 rings (SSSR count). The van der Waals surface area contributed by atoms with E-state index in [-0.39, 0.29) is 19.1 Å². The molecule has 7 nitrogen and oxygen atoms in total. The van der Waals surface area contributed by atoms with Gasteiger partial charge in [0.1, 0.15) is 5.75 Å². The van der Waals surface area contributed by atoms with Gasteiger partial charge in [-0.05, 0) is 35.6 Å². The second-order valence-corrected chi connectivity index (χ2v) is 6.50. The van der Waals surface area contributed by atoms with E-state index in [9.17, 15) is 9.59 Å². The molecule has 0 bridgehead atoms. The molecular weight excluding hydrogens is 358 g/mol. The number of hydrogen-bond acceptors (Lipinski definition) is 5. The van der Waals surface area contributed by atoms with Crippen LogP contribution in [0.2, 0.25) is 0 Å².